The first kappa shape index (κ1) is 14.0. The second kappa shape index (κ2) is 6.17. The van der Waals surface area contributed by atoms with Gasteiger partial charge in [0.25, 0.3) is 0 Å². The van der Waals surface area contributed by atoms with Gasteiger partial charge >= 0.3 is 0 Å². The van der Waals surface area contributed by atoms with E-state index in [9.17, 15) is 9.90 Å². The molecular formula is C15H22N2O2. The highest BCUT2D eigenvalue weighted by Gasteiger charge is 2.31. The van der Waals surface area contributed by atoms with Gasteiger partial charge in [-0.1, -0.05) is 30.3 Å². The molecule has 1 aliphatic heterocycles. The largest absolute Gasteiger partial charge is 0.388 e. The molecule has 1 amide bonds. The minimum absolute atomic E-state index is 0.0113. The van der Waals surface area contributed by atoms with Gasteiger partial charge in [-0.05, 0) is 31.7 Å². The van der Waals surface area contributed by atoms with Crippen LogP contribution in [0.2, 0.25) is 0 Å². The van der Waals surface area contributed by atoms with Crippen molar-refractivity contribution in [2.24, 2.45) is 5.73 Å². The molecule has 19 heavy (non-hydrogen) atoms. The molecule has 1 saturated heterocycles. The highest BCUT2D eigenvalue weighted by molar-refractivity contribution is 5.81. The number of aliphatic hydroxyl groups is 1. The quantitative estimate of drug-likeness (QED) is 0.863. The van der Waals surface area contributed by atoms with E-state index < -0.39 is 12.1 Å². The van der Waals surface area contributed by atoms with Gasteiger partial charge in [0.05, 0.1) is 12.1 Å². The van der Waals surface area contributed by atoms with Crippen LogP contribution in [-0.4, -0.2) is 34.5 Å². The molecule has 0 spiro atoms. The van der Waals surface area contributed by atoms with Gasteiger partial charge in [0, 0.05) is 12.6 Å². The fourth-order valence-electron chi connectivity index (χ4n) is 2.70. The number of carbonyl (C=O) groups excluding carboxylic acids is 1. The number of amides is 1. The fourth-order valence-corrected chi connectivity index (χ4v) is 2.70. The van der Waals surface area contributed by atoms with Gasteiger partial charge in [0.1, 0.15) is 0 Å². The van der Waals surface area contributed by atoms with Gasteiger partial charge < -0.3 is 15.7 Å². The molecule has 104 valence electrons. The van der Waals surface area contributed by atoms with Crippen molar-refractivity contribution in [2.75, 3.05) is 6.54 Å². The topological polar surface area (TPSA) is 66.6 Å². The Labute approximate surface area is 114 Å². The monoisotopic (exact) mass is 262 g/mol. The zero-order chi connectivity index (χ0) is 13.8. The Hall–Kier alpha value is -1.39. The predicted octanol–water partition coefficient (Wildman–Crippen LogP) is 1.45. The Balaban J connectivity index is 2.00. The summed E-state index contributed by atoms with van der Waals surface area (Å²) in [6, 6.07) is 9.23. The van der Waals surface area contributed by atoms with Crippen LogP contribution in [0, 0.1) is 0 Å². The zero-order valence-electron chi connectivity index (χ0n) is 11.3. The second-order valence-corrected chi connectivity index (χ2v) is 5.28. The van der Waals surface area contributed by atoms with E-state index in [1.165, 1.54) is 0 Å². The van der Waals surface area contributed by atoms with Crippen molar-refractivity contribution in [1.82, 2.24) is 4.90 Å². The summed E-state index contributed by atoms with van der Waals surface area (Å²) in [5, 5.41) is 10.2. The molecule has 0 bridgehead atoms. The van der Waals surface area contributed by atoms with Crippen molar-refractivity contribution in [3.8, 4) is 0 Å². The third-order valence-electron chi connectivity index (χ3n) is 3.73. The number of hydrogen-bond donors (Lipinski definition) is 2. The van der Waals surface area contributed by atoms with Crippen molar-refractivity contribution in [2.45, 2.75) is 44.4 Å². The van der Waals surface area contributed by atoms with Crippen LogP contribution in [0.4, 0.5) is 0 Å². The number of rotatable bonds is 4. The van der Waals surface area contributed by atoms with E-state index in [0.717, 1.165) is 24.9 Å². The van der Waals surface area contributed by atoms with Gasteiger partial charge in [0.15, 0.2) is 0 Å². The molecule has 1 heterocycles. The average molecular weight is 262 g/mol. The summed E-state index contributed by atoms with van der Waals surface area (Å²) in [5.74, 6) is -0.0113. The van der Waals surface area contributed by atoms with E-state index in [1.807, 2.05) is 35.2 Å². The predicted molar refractivity (Wildman–Crippen MR) is 74.4 cm³/mol. The molecule has 1 aromatic rings. The molecule has 0 unspecified atom stereocenters. The van der Waals surface area contributed by atoms with E-state index in [0.29, 0.717) is 6.42 Å². The van der Waals surface area contributed by atoms with Crippen LogP contribution in [0.1, 0.15) is 37.9 Å². The first-order chi connectivity index (χ1) is 9.09. The van der Waals surface area contributed by atoms with E-state index in [1.54, 1.807) is 6.92 Å². The Morgan fingerprint density at radius 1 is 1.47 bits per heavy atom. The van der Waals surface area contributed by atoms with Crippen LogP contribution in [0.5, 0.6) is 0 Å². The maximum atomic E-state index is 12.0. The molecule has 0 saturated carbocycles. The highest BCUT2D eigenvalue weighted by Crippen LogP contribution is 2.27. The lowest BCUT2D eigenvalue weighted by Crippen LogP contribution is -2.44. The van der Waals surface area contributed by atoms with Crippen molar-refractivity contribution in [1.29, 1.82) is 0 Å². The van der Waals surface area contributed by atoms with Crippen molar-refractivity contribution < 1.29 is 9.90 Å². The third kappa shape index (κ3) is 3.33. The molecule has 3 N–H and O–H groups in total. The third-order valence-corrected chi connectivity index (χ3v) is 3.73. The smallest absolute Gasteiger partial charge is 0.239 e. The van der Waals surface area contributed by atoms with E-state index in [-0.39, 0.29) is 11.9 Å². The normalized spacial score (nSPS) is 22.3. The molecular weight excluding hydrogens is 240 g/mol. The minimum atomic E-state index is -0.521. The average Bonchev–Trinajstić information content (AvgIpc) is 2.86. The minimum Gasteiger partial charge on any atom is -0.388 e. The van der Waals surface area contributed by atoms with Crippen molar-refractivity contribution >= 4 is 5.91 Å². The molecule has 0 aliphatic carbocycles. The molecule has 4 nitrogen and oxygen atoms in total. The fraction of sp³-hybridized carbons (Fsp3) is 0.533. The zero-order valence-corrected chi connectivity index (χ0v) is 11.3. The lowest BCUT2D eigenvalue weighted by atomic mass is 10.0. The summed E-state index contributed by atoms with van der Waals surface area (Å²) in [4.78, 5) is 13.8. The lowest BCUT2D eigenvalue weighted by molar-refractivity contribution is -0.133. The van der Waals surface area contributed by atoms with Crippen molar-refractivity contribution in [3.63, 3.8) is 0 Å². The lowest BCUT2D eigenvalue weighted by Gasteiger charge is -2.28. The molecule has 1 fully saturated rings. The second-order valence-electron chi connectivity index (χ2n) is 5.28. The molecule has 3 atom stereocenters. The van der Waals surface area contributed by atoms with E-state index in [4.69, 9.17) is 5.73 Å². The number of carbonyl (C=O) groups is 1. The van der Waals surface area contributed by atoms with Crippen LogP contribution >= 0.6 is 0 Å². The number of likely N-dealkylation sites (tertiary alicyclic amines) is 1. The van der Waals surface area contributed by atoms with Gasteiger partial charge in [-0.25, -0.2) is 0 Å². The maximum absolute atomic E-state index is 12.0. The Morgan fingerprint density at radius 3 is 2.79 bits per heavy atom. The summed E-state index contributed by atoms with van der Waals surface area (Å²) in [6.07, 6.45) is 2.00. The van der Waals surface area contributed by atoms with Crippen LogP contribution < -0.4 is 5.73 Å². The maximum Gasteiger partial charge on any atom is 0.239 e. The molecule has 2 rings (SSSR count). The molecule has 1 aromatic carbocycles. The van der Waals surface area contributed by atoms with E-state index >= 15 is 0 Å². The summed E-state index contributed by atoms with van der Waals surface area (Å²) >= 11 is 0. The standard InChI is InChI=1S/C15H22N2O2/c1-11(16)15(19)17-9-5-8-13(17)10-14(18)12-6-3-2-4-7-12/h2-4,6-7,11,13-14,18H,5,8-10,16H2,1H3/t11-,13-,14+/m0/s1. The molecule has 4 heteroatoms. The number of nitrogens with two attached hydrogens (primary N) is 1. The Bertz CT molecular complexity index is 419. The van der Waals surface area contributed by atoms with Gasteiger partial charge in [-0.3, -0.25) is 4.79 Å². The SMILES string of the molecule is C[C@H](N)C(=O)N1CCC[C@H]1C[C@@H](O)c1ccccc1. The highest BCUT2D eigenvalue weighted by atomic mass is 16.3. The van der Waals surface area contributed by atoms with Crippen LogP contribution in [0.3, 0.4) is 0 Å². The number of nitrogens with zero attached hydrogens (tertiary/aromatic N) is 1. The summed E-state index contributed by atoms with van der Waals surface area (Å²) in [7, 11) is 0. The number of benzene rings is 1. The van der Waals surface area contributed by atoms with E-state index in [2.05, 4.69) is 0 Å². The first-order valence-electron chi connectivity index (χ1n) is 6.88. The van der Waals surface area contributed by atoms with Gasteiger partial charge in [-0.2, -0.15) is 0 Å². The summed E-state index contributed by atoms with van der Waals surface area (Å²) in [6.45, 7) is 2.47. The van der Waals surface area contributed by atoms with Crippen LogP contribution in [0.15, 0.2) is 30.3 Å². The molecule has 0 radical (unpaired) electrons. The van der Waals surface area contributed by atoms with Gasteiger partial charge in [-0.15, -0.1) is 0 Å². The number of hydrogen-bond acceptors (Lipinski definition) is 3. The van der Waals surface area contributed by atoms with Crippen molar-refractivity contribution in [3.05, 3.63) is 35.9 Å². The Morgan fingerprint density at radius 2 is 2.16 bits per heavy atom. The molecule has 0 aromatic heterocycles. The summed E-state index contributed by atoms with van der Waals surface area (Å²) in [5.41, 5.74) is 6.57. The number of aliphatic hydroxyl groups excluding tert-OH is 1. The first-order valence-corrected chi connectivity index (χ1v) is 6.88. The summed E-state index contributed by atoms with van der Waals surface area (Å²) < 4.78 is 0. The van der Waals surface area contributed by atoms with Gasteiger partial charge in [0.2, 0.25) is 5.91 Å². The van der Waals surface area contributed by atoms with Crippen LogP contribution in [-0.2, 0) is 4.79 Å². The Kier molecular flexibility index (Phi) is 4.56. The van der Waals surface area contributed by atoms with Crippen LogP contribution in [0.25, 0.3) is 0 Å². The molecule has 1 aliphatic rings.